The normalized spacial score (nSPS) is 15.6. The molecule has 1 aliphatic carbocycles. The zero-order valence-corrected chi connectivity index (χ0v) is 19.7. The lowest BCUT2D eigenvalue weighted by Crippen LogP contribution is -2.46. The number of benzene rings is 1. The van der Waals surface area contributed by atoms with E-state index in [4.69, 9.17) is 9.73 Å². The molecule has 1 fully saturated rings. The maximum Gasteiger partial charge on any atom is 0.241 e. The van der Waals surface area contributed by atoms with Crippen molar-refractivity contribution in [2.24, 2.45) is 10.4 Å². The van der Waals surface area contributed by atoms with Gasteiger partial charge in [0.05, 0.1) is 13.1 Å². The minimum atomic E-state index is 0. The fourth-order valence-corrected chi connectivity index (χ4v) is 3.48. The molecule has 0 saturated heterocycles. The lowest BCUT2D eigenvalue weighted by atomic mass is 9.83. The van der Waals surface area contributed by atoms with Gasteiger partial charge in [-0.3, -0.25) is 4.79 Å². The molecule has 1 amide bonds. The first-order valence-corrected chi connectivity index (χ1v) is 9.80. The number of halogens is 1. The first-order valence-electron chi connectivity index (χ1n) is 9.80. The van der Waals surface area contributed by atoms with Crippen LogP contribution in [0.25, 0.3) is 0 Å². The highest BCUT2D eigenvalue weighted by atomic mass is 127. The molecule has 7 heteroatoms. The molecule has 0 bridgehead atoms. The molecular weight excluding hydrogens is 467 g/mol. The molecule has 0 heterocycles. The van der Waals surface area contributed by atoms with Gasteiger partial charge in [-0.05, 0) is 30.2 Å². The van der Waals surface area contributed by atoms with E-state index in [2.05, 4.69) is 22.8 Å². The predicted molar refractivity (Wildman–Crippen MR) is 125 cm³/mol. The molecule has 2 rings (SSSR count). The second kappa shape index (κ2) is 13.0. The minimum Gasteiger partial charge on any atom is -0.385 e. The summed E-state index contributed by atoms with van der Waals surface area (Å²) < 4.78 is 5.32. The van der Waals surface area contributed by atoms with Gasteiger partial charge in [-0.1, -0.05) is 43.2 Å². The van der Waals surface area contributed by atoms with Crippen molar-refractivity contribution in [1.29, 1.82) is 0 Å². The Labute approximate surface area is 186 Å². The SMILES string of the molecule is COCCC1(CNC(=NCc2ccccc2)NCC(=O)N(C)C)CCCC1.I. The Kier molecular flexibility index (Phi) is 11.4. The van der Waals surface area contributed by atoms with Crippen molar-refractivity contribution in [2.75, 3.05) is 40.9 Å². The third-order valence-electron chi connectivity index (χ3n) is 5.30. The lowest BCUT2D eigenvalue weighted by Gasteiger charge is -2.30. The fourth-order valence-electron chi connectivity index (χ4n) is 3.48. The molecule has 0 aliphatic heterocycles. The summed E-state index contributed by atoms with van der Waals surface area (Å²) in [7, 11) is 5.28. The predicted octanol–water partition coefficient (Wildman–Crippen LogP) is 3.02. The van der Waals surface area contributed by atoms with Gasteiger partial charge in [0.2, 0.25) is 5.91 Å². The number of carbonyl (C=O) groups is 1. The second-order valence-corrected chi connectivity index (χ2v) is 7.60. The summed E-state index contributed by atoms with van der Waals surface area (Å²) in [5.41, 5.74) is 1.41. The van der Waals surface area contributed by atoms with Gasteiger partial charge in [0.25, 0.3) is 0 Å². The molecule has 0 aromatic heterocycles. The molecule has 158 valence electrons. The van der Waals surface area contributed by atoms with Crippen LogP contribution in [0.4, 0.5) is 0 Å². The summed E-state index contributed by atoms with van der Waals surface area (Å²) in [6, 6.07) is 10.1. The number of nitrogens with one attached hydrogen (secondary N) is 2. The van der Waals surface area contributed by atoms with Gasteiger partial charge in [-0.25, -0.2) is 4.99 Å². The Balaban J connectivity index is 0.00000392. The molecule has 2 N–H and O–H groups in total. The summed E-state index contributed by atoms with van der Waals surface area (Å²) in [6.45, 7) is 2.45. The van der Waals surface area contributed by atoms with E-state index in [-0.39, 0.29) is 41.8 Å². The van der Waals surface area contributed by atoms with Gasteiger partial charge >= 0.3 is 0 Å². The van der Waals surface area contributed by atoms with Crippen molar-refractivity contribution >= 4 is 35.8 Å². The van der Waals surface area contributed by atoms with E-state index in [0.717, 1.165) is 25.1 Å². The zero-order valence-electron chi connectivity index (χ0n) is 17.4. The smallest absolute Gasteiger partial charge is 0.241 e. The van der Waals surface area contributed by atoms with Gasteiger partial charge < -0.3 is 20.3 Å². The fraction of sp³-hybridized carbons (Fsp3) is 0.619. The van der Waals surface area contributed by atoms with Crippen LogP contribution in [0.1, 0.15) is 37.7 Å². The van der Waals surface area contributed by atoms with E-state index in [1.165, 1.54) is 25.7 Å². The van der Waals surface area contributed by atoms with E-state index < -0.39 is 0 Å². The van der Waals surface area contributed by atoms with Crippen LogP contribution >= 0.6 is 24.0 Å². The lowest BCUT2D eigenvalue weighted by molar-refractivity contribution is -0.127. The maximum atomic E-state index is 12.0. The topological polar surface area (TPSA) is 66.0 Å². The molecular formula is C21H35IN4O2. The standard InChI is InChI=1S/C21H34N4O2.HI/c1-25(2)19(26)16-23-20(22-15-18-9-5-4-6-10-18)24-17-21(13-14-27-3)11-7-8-12-21;/h4-6,9-10H,7-8,11-17H2,1-3H3,(H2,22,23,24);1H. The van der Waals surface area contributed by atoms with E-state index in [9.17, 15) is 4.79 Å². The molecule has 0 unspecified atom stereocenters. The molecule has 6 nitrogen and oxygen atoms in total. The Morgan fingerprint density at radius 1 is 1.18 bits per heavy atom. The van der Waals surface area contributed by atoms with Gasteiger partial charge in [0, 0.05) is 34.4 Å². The molecule has 0 radical (unpaired) electrons. The van der Waals surface area contributed by atoms with E-state index in [1.807, 2.05) is 18.2 Å². The molecule has 1 aliphatic rings. The number of rotatable bonds is 9. The average Bonchev–Trinajstić information content (AvgIpc) is 3.15. The Bertz CT molecular complexity index is 602. The molecule has 1 saturated carbocycles. The minimum absolute atomic E-state index is 0. The van der Waals surface area contributed by atoms with Crippen LogP contribution in [0.15, 0.2) is 35.3 Å². The highest BCUT2D eigenvalue weighted by Gasteiger charge is 2.33. The number of hydrogen-bond acceptors (Lipinski definition) is 3. The van der Waals surface area contributed by atoms with E-state index in [1.54, 1.807) is 26.1 Å². The molecule has 0 atom stereocenters. The number of methoxy groups -OCH3 is 1. The zero-order chi connectivity index (χ0) is 19.5. The number of likely N-dealkylation sites (N-methyl/N-ethyl adjacent to an activating group) is 1. The van der Waals surface area contributed by atoms with Gasteiger partial charge in [0.1, 0.15) is 0 Å². The summed E-state index contributed by atoms with van der Waals surface area (Å²) in [6.07, 6.45) is 6.03. The van der Waals surface area contributed by atoms with Crippen molar-refractivity contribution in [3.63, 3.8) is 0 Å². The highest BCUT2D eigenvalue weighted by molar-refractivity contribution is 14.0. The summed E-state index contributed by atoms with van der Waals surface area (Å²) in [5, 5.41) is 6.67. The Morgan fingerprint density at radius 3 is 2.46 bits per heavy atom. The quantitative estimate of drug-likeness (QED) is 0.310. The van der Waals surface area contributed by atoms with Crippen LogP contribution in [0.3, 0.4) is 0 Å². The summed E-state index contributed by atoms with van der Waals surface area (Å²) in [5.74, 6) is 0.719. The number of amides is 1. The van der Waals surface area contributed by atoms with Crippen LogP contribution in [0.5, 0.6) is 0 Å². The van der Waals surface area contributed by atoms with Crippen molar-refractivity contribution < 1.29 is 9.53 Å². The molecule has 28 heavy (non-hydrogen) atoms. The van der Waals surface area contributed by atoms with Gasteiger partial charge in [0.15, 0.2) is 5.96 Å². The van der Waals surface area contributed by atoms with Crippen LogP contribution in [-0.2, 0) is 16.1 Å². The van der Waals surface area contributed by atoms with Crippen molar-refractivity contribution in [2.45, 2.75) is 38.6 Å². The summed E-state index contributed by atoms with van der Waals surface area (Å²) >= 11 is 0. The Morgan fingerprint density at radius 2 is 1.86 bits per heavy atom. The number of ether oxygens (including phenoxy) is 1. The number of hydrogen-bond donors (Lipinski definition) is 2. The number of carbonyl (C=O) groups excluding carboxylic acids is 1. The van der Waals surface area contributed by atoms with Crippen LogP contribution in [-0.4, -0.2) is 57.7 Å². The first kappa shape index (κ1) is 24.7. The largest absolute Gasteiger partial charge is 0.385 e. The number of aliphatic imine (C=N–C) groups is 1. The van der Waals surface area contributed by atoms with Crippen LogP contribution < -0.4 is 10.6 Å². The van der Waals surface area contributed by atoms with Gasteiger partial charge in [-0.2, -0.15) is 0 Å². The number of guanidine groups is 1. The summed E-state index contributed by atoms with van der Waals surface area (Å²) in [4.78, 5) is 18.2. The molecule has 0 spiro atoms. The first-order chi connectivity index (χ1) is 13.0. The van der Waals surface area contributed by atoms with Crippen molar-refractivity contribution in [1.82, 2.24) is 15.5 Å². The third-order valence-corrected chi connectivity index (χ3v) is 5.30. The monoisotopic (exact) mass is 502 g/mol. The average molecular weight is 502 g/mol. The van der Waals surface area contributed by atoms with Crippen LogP contribution in [0, 0.1) is 5.41 Å². The number of nitrogens with zero attached hydrogens (tertiary/aromatic N) is 2. The van der Waals surface area contributed by atoms with E-state index >= 15 is 0 Å². The van der Waals surface area contributed by atoms with Crippen molar-refractivity contribution in [3.05, 3.63) is 35.9 Å². The maximum absolute atomic E-state index is 12.0. The second-order valence-electron chi connectivity index (χ2n) is 7.60. The van der Waals surface area contributed by atoms with Gasteiger partial charge in [-0.15, -0.1) is 24.0 Å². The molecule has 1 aromatic rings. The van der Waals surface area contributed by atoms with Crippen LogP contribution in [0.2, 0.25) is 0 Å². The molecule has 1 aromatic carbocycles. The van der Waals surface area contributed by atoms with Crippen molar-refractivity contribution in [3.8, 4) is 0 Å². The van der Waals surface area contributed by atoms with E-state index in [0.29, 0.717) is 12.5 Å². The third kappa shape index (κ3) is 8.34. The Hall–Kier alpha value is -1.35. The highest BCUT2D eigenvalue weighted by Crippen LogP contribution is 2.40.